The summed E-state index contributed by atoms with van der Waals surface area (Å²) in [6.07, 6.45) is 30.7. The van der Waals surface area contributed by atoms with E-state index < -0.39 is 5.97 Å². The topological polar surface area (TPSA) is 57.5 Å². The molecule has 0 rings (SSSR count). The molecule has 174 valence electrons. The number of aliphatic carboxylic acids is 1. The fourth-order valence-electron chi connectivity index (χ4n) is 4.10. The summed E-state index contributed by atoms with van der Waals surface area (Å²) in [6.45, 7) is 0.361. The van der Waals surface area contributed by atoms with Crippen LogP contribution >= 0.6 is 0 Å². The SMILES string of the molecule is O=C(O)CCCCCCCCCCCCCCCCCCCCCCCCCO. The van der Waals surface area contributed by atoms with E-state index in [0.717, 1.165) is 19.3 Å². The van der Waals surface area contributed by atoms with Crippen molar-refractivity contribution in [2.24, 2.45) is 0 Å². The molecule has 3 nitrogen and oxygen atoms in total. The molecule has 0 saturated heterocycles. The Kier molecular flexibility index (Phi) is 25.0. The molecule has 0 aromatic rings. The summed E-state index contributed by atoms with van der Waals surface area (Å²) in [7, 11) is 0. The minimum Gasteiger partial charge on any atom is -0.481 e. The van der Waals surface area contributed by atoms with E-state index in [-0.39, 0.29) is 0 Å². The van der Waals surface area contributed by atoms with Crippen LogP contribution in [-0.4, -0.2) is 22.8 Å². The van der Waals surface area contributed by atoms with Gasteiger partial charge in [-0.2, -0.15) is 0 Å². The molecule has 29 heavy (non-hydrogen) atoms. The number of rotatable bonds is 25. The van der Waals surface area contributed by atoms with Crippen LogP contribution in [0, 0.1) is 0 Å². The summed E-state index contributed by atoms with van der Waals surface area (Å²) in [5, 5.41) is 17.3. The fourth-order valence-corrected chi connectivity index (χ4v) is 4.10. The van der Waals surface area contributed by atoms with Crippen LogP contribution in [0.2, 0.25) is 0 Å². The molecule has 3 heteroatoms. The lowest BCUT2D eigenvalue weighted by molar-refractivity contribution is -0.137. The Hall–Kier alpha value is -0.570. The van der Waals surface area contributed by atoms with Gasteiger partial charge < -0.3 is 10.2 Å². The van der Waals surface area contributed by atoms with E-state index in [1.165, 1.54) is 128 Å². The van der Waals surface area contributed by atoms with Crippen LogP contribution in [0.4, 0.5) is 0 Å². The molecule has 0 aromatic heterocycles. The summed E-state index contributed by atoms with van der Waals surface area (Å²) < 4.78 is 0. The molecule has 0 radical (unpaired) electrons. The predicted octanol–water partition coefficient (Wildman–Crippen LogP) is 8.43. The Bertz CT molecular complexity index is 317. The largest absolute Gasteiger partial charge is 0.481 e. The van der Waals surface area contributed by atoms with Gasteiger partial charge in [-0.3, -0.25) is 4.79 Å². The first-order chi connectivity index (χ1) is 14.3. The number of carboxylic acids is 1. The predicted molar refractivity (Wildman–Crippen MR) is 126 cm³/mol. The van der Waals surface area contributed by atoms with Crippen LogP contribution in [0.1, 0.15) is 154 Å². The maximum Gasteiger partial charge on any atom is 0.303 e. The van der Waals surface area contributed by atoms with Gasteiger partial charge in [0.1, 0.15) is 0 Å². The maximum absolute atomic E-state index is 10.4. The van der Waals surface area contributed by atoms with Crippen molar-refractivity contribution in [3.05, 3.63) is 0 Å². The average Bonchev–Trinajstić information content (AvgIpc) is 2.71. The van der Waals surface area contributed by atoms with Gasteiger partial charge in [-0.25, -0.2) is 0 Å². The molecule has 0 aliphatic carbocycles. The number of aliphatic hydroxyl groups excluding tert-OH is 1. The molecule has 0 spiro atoms. The van der Waals surface area contributed by atoms with E-state index in [1.54, 1.807) is 0 Å². The number of aliphatic hydroxyl groups is 1. The number of carboxylic acid groups (broad SMARTS) is 1. The second kappa shape index (κ2) is 25.5. The normalized spacial score (nSPS) is 11.2. The van der Waals surface area contributed by atoms with Crippen LogP contribution in [0.25, 0.3) is 0 Å². The number of unbranched alkanes of at least 4 members (excludes halogenated alkanes) is 22. The first-order valence-electron chi connectivity index (χ1n) is 13.1. The van der Waals surface area contributed by atoms with Gasteiger partial charge in [-0.05, 0) is 12.8 Å². The third-order valence-electron chi connectivity index (χ3n) is 6.05. The Labute approximate surface area is 182 Å². The summed E-state index contributed by atoms with van der Waals surface area (Å²) >= 11 is 0. The highest BCUT2D eigenvalue weighted by molar-refractivity contribution is 5.66. The molecular formula is C26H52O3. The van der Waals surface area contributed by atoms with Crippen molar-refractivity contribution in [1.29, 1.82) is 0 Å². The minimum absolute atomic E-state index is 0.341. The fraction of sp³-hybridized carbons (Fsp3) is 0.962. The third-order valence-corrected chi connectivity index (χ3v) is 6.05. The molecule has 0 bridgehead atoms. The van der Waals surface area contributed by atoms with E-state index >= 15 is 0 Å². The lowest BCUT2D eigenvalue weighted by Gasteiger charge is -2.04. The second-order valence-corrected chi connectivity index (χ2v) is 9.00. The third kappa shape index (κ3) is 27.4. The first-order valence-corrected chi connectivity index (χ1v) is 13.1. The van der Waals surface area contributed by atoms with Crippen molar-refractivity contribution >= 4 is 5.97 Å². The van der Waals surface area contributed by atoms with Crippen LogP contribution in [-0.2, 0) is 4.79 Å². The summed E-state index contributed by atoms with van der Waals surface area (Å²) in [5.41, 5.74) is 0. The van der Waals surface area contributed by atoms with Crippen LogP contribution in [0.5, 0.6) is 0 Å². The highest BCUT2D eigenvalue weighted by Crippen LogP contribution is 2.15. The molecular weight excluding hydrogens is 360 g/mol. The van der Waals surface area contributed by atoms with Gasteiger partial charge in [0.25, 0.3) is 0 Å². The molecule has 0 amide bonds. The van der Waals surface area contributed by atoms with Crippen LogP contribution in [0.15, 0.2) is 0 Å². The Morgan fingerprint density at radius 2 is 0.586 bits per heavy atom. The van der Waals surface area contributed by atoms with E-state index in [4.69, 9.17) is 10.2 Å². The maximum atomic E-state index is 10.4. The van der Waals surface area contributed by atoms with Crippen molar-refractivity contribution in [3.8, 4) is 0 Å². The number of hydrogen-bond donors (Lipinski definition) is 2. The van der Waals surface area contributed by atoms with Crippen molar-refractivity contribution < 1.29 is 15.0 Å². The van der Waals surface area contributed by atoms with Crippen LogP contribution in [0.3, 0.4) is 0 Å². The minimum atomic E-state index is -0.655. The van der Waals surface area contributed by atoms with Gasteiger partial charge in [0.2, 0.25) is 0 Å². The Morgan fingerprint density at radius 1 is 0.379 bits per heavy atom. The standard InChI is InChI=1S/C26H52O3/c27-25-23-21-19-17-15-13-11-9-7-5-3-1-2-4-6-8-10-12-14-16-18-20-22-24-26(28)29/h27H,1-25H2,(H,28,29). The molecule has 0 saturated carbocycles. The summed E-state index contributed by atoms with van der Waals surface area (Å²) in [5.74, 6) is -0.655. The van der Waals surface area contributed by atoms with Gasteiger partial charge >= 0.3 is 5.97 Å². The molecule has 0 aliphatic rings. The van der Waals surface area contributed by atoms with Crippen molar-refractivity contribution in [2.75, 3.05) is 6.61 Å². The first kappa shape index (κ1) is 28.4. The zero-order chi connectivity index (χ0) is 21.3. The molecule has 0 unspecified atom stereocenters. The lowest BCUT2D eigenvalue weighted by atomic mass is 10.0. The number of hydrogen-bond acceptors (Lipinski definition) is 2. The van der Waals surface area contributed by atoms with Crippen molar-refractivity contribution in [2.45, 2.75) is 154 Å². The monoisotopic (exact) mass is 412 g/mol. The Morgan fingerprint density at radius 3 is 0.793 bits per heavy atom. The average molecular weight is 413 g/mol. The quantitative estimate of drug-likeness (QED) is 0.148. The van der Waals surface area contributed by atoms with E-state index in [1.807, 2.05) is 0 Å². The zero-order valence-electron chi connectivity index (χ0n) is 19.5. The second-order valence-electron chi connectivity index (χ2n) is 9.00. The van der Waals surface area contributed by atoms with Gasteiger partial charge in [0.15, 0.2) is 0 Å². The smallest absolute Gasteiger partial charge is 0.303 e. The van der Waals surface area contributed by atoms with Gasteiger partial charge in [0, 0.05) is 13.0 Å². The van der Waals surface area contributed by atoms with Crippen molar-refractivity contribution in [3.63, 3.8) is 0 Å². The zero-order valence-corrected chi connectivity index (χ0v) is 19.5. The lowest BCUT2D eigenvalue weighted by Crippen LogP contribution is -1.93. The van der Waals surface area contributed by atoms with Crippen molar-refractivity contribution in [1.82, 2.24) is 0 Å². The molecule has 0 aliphatic heterocycles. The summed E-state index contributed by atoms with van der Waals surface area (Å²) in [6, 6.07) is 0. The molecule has 0 heterocycles. The summed E-state index contributed by atoms with van der Waals surface area (Å²) in [4.78, 5) is 10.4. The van der Waals surface area contributed by atoms with Gasteiger partial charge in [0.05, 0.1) is 0 Å². The molecule has 0 aromatic carbocycles. The van der Waals surface area contributed by atoms with E-state index in [0.29, 0.717) is 13.0 Å². The van der Waals surface area contributed by atoms with Gasteiger partial charge in [-0.1, -0.05) is 135 Å². The number of carbonyl (C=O) groups is 1. The van der Waals surface area contributed by atoms with Gasteiger partial charge in [-0.15, -0.1) is 0 Å². The van der Waals surface area contributed by atoms with Crippen LogP contribution < -0.4 is 0 Å². The Balaban J connectivity index is 2.99. The van der Waals surface area contributed by atoms with E-state index in [2.05, 4.69) is 0 Å². The molecule has 2 N–H and O–H groups in total. The van der Waals surface area contributed by atoms with E-state index in [9.17, 15) is 4.79 Å². The highest BCUT2D eigenvalue weighted by Gasteiger charge is 1.97. The molecule has 0 fully saturated rings. The molecule has 0 atom stereocenters. The highest BCUT2D eigenvalue weighted by atomic mass is 16.4.